The van der Waals surface area contributed by atoms with Gasteiger partial charge in [-0.2, -0.15) is 0 Å². The fourth-order valence-electron chi connectivity index (χ4n) is 1.75. The topological polar surface area (TPSA) is 20.2 Å². The highest BCUT2D eigenvalue weighted by Gasteiger charge is 2.31. The van der Waals surface area contributed by atoms with Crippen LogP contribution >= 0.6 is 48.0 Å². The number of aliphatic hydroxyl groups is 1. The lowest BCUT2D eigenvalue weighted by atomic mass is 9.91. The molecule has 0 amide bonds. The van der Waals surface area contributed by atoms with Crippen molar-refractivity contribution >= 4 is 57.7 Å². The Bertz CT molecular complexity index is 341. The predicted octanol–water partition coefficient (Wildman–Crippen LogP) is 2.61. The van der Waals surface area contributed by atoms with Crippen molar-refractivity contribution in [1.29, 1.82) is 0 Å². The fraction of sp³-hybridized carbons (Fsp3) is 0.600. The van der Waals surface area contributed by atoms with Gasteiger partial charge in [0.05, 0.1) is 9.45 Å². The third-order valence-electron chi connectivity index (χ3n) is 2.68. The van der Waals surface area contributed by atoms with Crippen LogP contribution < -0.4 is 0 Å². The van der Waals surface area contributed by atoms with E-state index >= 15 is 0 Å². The Morgan fingerprint density at radius 3 is 2.47 bits per heavy atom. The Balaban J connectivity index is 2.29. The summed E-state index contributed by atoms with van der Waals surface area (Å²) in [5.74, 6) is 2.41. The SMILES string of the molecule is CC1=C(C2SCCS2)CC(=S)C(O)C1=S. The van der Waals surface area contributed by atoms with Crippen molar-refractivity contribution < 1.29 is 5.11 Å². The molecule has 0 spiro atoms. The summed E-state index contributed by atoms with van der Waals surface area (Å²) in [6.45, 7) is 2.02. The van der Waals surface area contributed by atoms with Crippen molar-refractivity contribution in [2.45, 2.75) is 24.0 Å². The highest BCUT2D eigenvalue weighted by molar-refractivity contribution is 8.20. The van der Waals surface area contributed by atoms with E-state index in [1.807, 2.05) is 30.4 Å². The quantitative estimate of drug-likeness (QED) is 0.741. The second-order valence-electron chi connectivity index (χ2n) is 3.63. The Labute approximate surface area is 109 Å². The molecule has 1 nitrogen and oxygen atoms in total. The maximum absolute atomic E-state index is 9.75. The minimum absolute atomic E-state index is 0.508. The van der Waals surface area contributed by atoms with Crippen LogP contribution in [-0.4, -0.2) is 37.0 Å². The average molecular weight is 276 g/mol. The van der Waals surface area contributed by atoms with E-state index in [1.54, 1.807) is 0 Å². The minimum atomic E-state index is -0.671. The first-order valence-corrected chi connectivity index (χ1v) is 7.70. The van der Waals surface area contributed by atoms with Gasteiger partial charge in [-0.15, -0.1) is 23.5 Å². The van der Waals surface area contributed by atoms with Gasteiger partial charge in [0.15, 0.2) is 0 Å². The maximum Gasteiger partial charge on any atom is 0.121 e. The number of rotatable bonds is 1. The van der Waals surface area contributed by atoms with E-state index in [0.717, 1.165) is 12.0 Å². The monoisotopic (exact) mass is 276 g/mol. The fourth-order valence-corrected chi connectivity index (χ4v) is 5.45. The first-order chi connectivity index (χ1) is 7.11. The van der Waals surface area contributed by atoms with Gasteiger partial charge in [-0.3, -0.25) is 0 Å². The molecule has 1 atom stereocenters. The van der Waals surface area contributed by atoms with Crippen LogP contribution in [0.2, 0.25) is 0 Å². The summed E-state index contributed by atoms with van der Waals surface area (Å²) in [6, 6.07) is 0. The van der Waals surface area contributed by atoms with E-state index in [0.29, 0.717) is 14.3 Å². The van der Waals surface area contributed by atoms with Crippen molar-refractivity contribution in [2.24, 2.45) is 0 Å². The molecule has 82 valence electrons. The van der Waals surface area contributed by atoms with E-state index in [1.165, 1.54) is 17.1 Å². The lowest BCUT2D eigenvalue weighted by Gasteiger charge is -2.26. The van der Waals surface area contributed by atoms with Crippen LogP contribution in [0.3, 0.4) is 0 Å². The summed E-state index contributed by atoms with van der Waals surface area (Å²) in [6.07, 6.45) is 0.0720. The summed E-state index contributed by atoms with van der Waals surface area (Å²) in [5.41, 5.74) is 2.43. The summed E-state index contributed by atoms with van der Waals surface area (Å²) in [4.78, 5) is 1.32. The van der Waals surface area contributed by atoms with Crippen LogP contribution in [0.15, 0.2) is 11.1 Å². The van der Waals surface area contributed by atoms with Crippen LogP contribution in [0, 0.1) is 0 Å². The largest absolute Gasteiger partial charge is 0.382 e. The molecule has 0 aromatic carbocycles. The van der Waals surface area contributed by atoms with E-state index < -0.39 is 6.10 Å². The molecule has 0 radical (unpaired) electrons. The Hall–Kier alpha value is 0.580. The Morgan fingerprint density at radius 2 is 1.87 bits per heavy atom. The van der Waals surface area contributed by atoms with Crippen molar-refractivity contribution in [2.75, 3.05) is 11.5 Å². The molecule has 1 saturated heterocycles. The molecule has 0 saturated carbocycles. The van der Waals surface area contributed by atoms with Gasteiger partial charge in [0, 0.05) is 22.8 Å². The molecule has 2 aliphatic rings. The smallest absolute Gasteiger partial charge is 0.121 e. The van der Waals surface area contributed by atoms with E-state index in [-0.39, 0.29) is 0 Å². The number of hydrogen-bond donors (Lipinski definition) is 1. The predicted molar refractivity (Wildman–Crippen MR) is 77.2 cm³/mol. The van der Waals surface area contributed by atoms with Gasteiger partial charge in [0.2, 0.25) is 0 Å². The molecular formula is C10H12OS4. The van der Waals surface area contributed by atoms with Gasteiger partial charge in [-0.1, -0.05) is 24.4 Å². The highest BCUT2D eigenvalue weighted by atomic mass is 32.2. The number of hydrogen-bond acceptors (Lipinski definition) is 5. The van der Waals surface area contributed by atoms with E-state index in [2.05, 4.69) is 0 Å². The standard InChI is InChI=1S/C10H12OS4/c1-5-6(10-14-2-3-15-10)4-7(12)8(11)9(5)13/h8,10-11H,2-4H2,1H3. The van der Waals surface area contributed by atoms with Gasteiger partial charge in [0.1, 0.15) is 6.10 Å². The number of thioether (sulfide) groups is 2. The molecular weight excluding hydrogens is 264 g/mol. The zero-order chi connectivity index (χ0) is 11.0. The molecule has 1 aliphatic heterocycles. The zero-order valence-corrected chi connectivity index (χ0v) is 11.6. The zero-order valence-electron chi connectivity index (χ0n) is 8.36. The summed E-state index contributed by atoms with van der Waals surface area (Å²) < 4.78 is 0.508. The van der Waals surface area contributed by atoms with Gasteiger partial charge in [-0.05, 0) is 18.1 Å². The molecule has 1 fully saturated rings. The summed E-state index contributed by atoms with van der Waals surface area (Å²) in [5, 5.41) is 9.75. The Morgan fingerprint density at radius 1 is 1.27 bits per heavy atom. The normalized spacial score (nSPS) is 29.1. The first kappa shape index (κ1) is 12.0. The summed E-state index contributed by atoms with van der Waals surface area (Å²) >= 11 is 14.3. The number of thiocarbonyl (C=S) groups is 2. The van der Waals surface area contributed by atoms with E-state index in [4.69, 9.17) is 24.4 Å². The molecule has 0 bridgehead atoms. The second-order valence-corrected chi connectivity index (χ2v) is 7.32. The summed E-state index contributed by atoms with van der Waals surface area (Å²) in [7, 11) is 0. The van der Waals surface area contributed by atoms with Crippen molar-refractivity contribution in [3.05, 3.63) is 11.1 Å². The third-order valence-corrected chi connectivity index (χ3v) is 6.70. The van der Waals surface area contributed by atoms with E-state index in [9.17, 15) is 5.11 Å². The van der Waals surface area contributed by atoms with Gasteiger partial charge in [0.25, 0.3) is 0 Å². The molecule has 0 aromatic heterocycles. The first-order valence-electron chi connectivity index (χ1n) is 4.79. The van der Waals surface area contributed by atoms with Crippen LogP contribution in [0.25, 0.3) is 0 Å². The highest BCUT2D eigenvalue weighted by Crippen LogP contribution is 2.41. The average Bonchev–Trinajstić information content (AvgIpc) is 2.73. The van der Waals surface area contributed by atoms with Crippen molar-refractivity contribution in [1.82, 2.24) is 0 Å². The maximum atomic E-state index is 9.75. The lowest BCUT2D eigenvalue weighted by molar-refractivity contribution is 0.308. The molecule has 2 rings (SSSR count). The molecule has 1 unspecified atom stereocenters. The van der Waals surface area contributed by atoms with Crippen LogP contribution in [0.5, 0.6) is 0 Å². The van der Waals surface area contributed by atoms with Crippen molar-refractivity contribution in [3.63, 3.8) is 0 Å². The van der Waals surface area contributed by atoms with Crippen LogP contribution in [0.1, 0.15) is 13.3 Å². The van der Waals surface area contributed by atoms with Crippen molar-refractivity contribution in [3.8, 4) is 0 Å². The third kappa shape index (κ3) is 2.31. The molecule has 15 heavy (non-hydrogen) atoms. The molecule has 5 heteroatoms. The molecule has 1 aliphatic carbocycles. The lowest BCUT2D eigenvalue weighted by Crippen LogP contribution is -2.34. The minimum Gasteiger partial charge on any atom is -0.382 e. The Kier molecular flexibility index (Phi) is 3.88. The second kappa shape index (κ2) is 4.84. The molecule has 1 N–H and O–H groups in total. The van der Waals surface area contributed by atoms with Crippen LogP contribution in [-0.2, 0) is 0 Å². The number of aliphatic hydroxyl groups excluding tert-OH is 1. The van der Waals surface area contributed by atoms with Crippen LogP contribution in [0.4, 0.5) is 0 Å². The van der Waals surface area contributed by atoms with Gasteiger partial charge >= 0.3 is 0 Å². The van der Waals surface area contributed by atoms with Gasteiger partial charge in [-0.25, -0.2) is 0 Å². The molecule has 1 heterocycles. The van der Waals surface area contributed by atoms with Gasteiger partial charge < -0.3 is 5.11 Å². The molecule has 0 aromatic rings.